The number of nitrogens with zero attached hydrogens (tertiary/aromatic N) is 4. The van der Waals surface area contributed by atoms with Crippen LogP contribution in [0.2, 0.25) is 0 Å². The van der Waals surface area contributed by atoms with E-state index in [4.69, 9.17) is 14.2 Å². The maximum atomic E-state index is 14.9. The van der Waals surface area contributed by atoms with Gasteiger partial charge in [0.15, 0.2) is 11.5 Å². The summed E-state index contributed by atoms with van der Waals surface area (Å²) in [6.45, 7) is 6.94. The quantitative estimate of drug-likeness (QED) is 0.412. The first kappa shape index (κ1) is 27.5. The number of piperazine rings is 1. The number of alkyl halides is 2. The van der Waals surface area contributed by atoms with Gasteiger partial charge in [-0.1, -0.05) is 18.2 Å². The van der Waals surface area contributed by atoms with Gasteiger partial charge in [0, 0.05) is 36.7 Å². The summed E-state index contributed by atoms with van der Waals surface area (Å²) in [5.41, 5.74) is -0.293. The predicted octanol–water partition coefficient (Wildman–Crippen LogP) is 5.24. The number of fused-ring (bicyclic) bond motifs is 1. The van der Waals surface area contributed by atoms with Crippen LogP contribution < -0.4 is 14.8 Å². The van der Waals surface area contributed by atoms with Crippen LogP contribution in [0.1, 0.15) is 49.2 Å². The zero-order valence-electron chi connectivity index (χ0n) is 23.1. The lowest BCUT2D eigenvalue weighted by atomic mass is 10.0. The van der Waals surface area contributed by atoms with Crippen LogP contribution in [0.4, 0.5) is 23.8 Å². The summed E-state index contributed by atoms with van der Waals surface area (Å²) in [6, 6.07) is 6.91. The summed E-state index contributed by atoms with van der Waals surface area (Å²) < 4.78 is 58.3. The van der Waals surface area contributed by atoms with Crippen LogP contribution in [0.15, 0.2) is 30.3 Å². The van der Waals surface area contributed by atoms with Gasteiger partial charge in [0.2, 0.25) is 0 Å². The van der Waals surface area contributed by atoms with Gasteiger partial charge in [-0.05, 0) is 32.8 Å². The van der Waals surface area contributed by atoms with Crippen LogP contribution >= 0.6 is 0 Å². The Hall–Kier alpha value is -3.64. The third-order valence-corrected chi connectivity index (χ3v) is 8.27. The molecule has 1 spiro atoms. The summed E-state index contributed by atoms with van der Waals surface area (Å²) in [5.74, 6) is 0.342. The van der Waals surface area contributed by atoms with Crippen LogP contribution in [0, 0.1) is 12.7 Å². The maximum Gasteiger partial charge on any atom is 0.415 e. The number of rotatable bonds is 7. The molecule has 12 heteroatoms. The second kappa shape index (κ2) is 10.6. The molecule has 3 aliphatic rings. The Morgan fingerprint density at radius 3 is 2.56 bits per heavy atom. The number of amides is 1. The SMILES string of the molecule is COc1cc2nc(C)nc(N[C@H](C)c3cccc(C(F)F)c3F)c2cc1OC(=O)N1CCN(C2COC2)CC12CC2. The van der Waals surface area contributed by atoms with E-state index in [-0.39, 0.29) is 16.9 Å². The lowest BCUT2D eigenvalue weighted by molar-refractivity contribution is -0.0859. The highest BCUT2D eigenvalue weighted by Gasteiger charge is 2.55. The average molecular weight is 572 g/mol. The summed E-state index contributed by atoms with van der Waals surface area (Å²) in [6.07, 6.45) is -1.54. The lowest BCUT2D eigenvalue weighted by Gasteiger charge is -2.46. The lowest BCUT2D eigenvalue weighted by Crippen LogP contribution is -2.62. The first-order valence-corrected chi connectivity index (χ1v) is 13.7. The second-order valence-corrected chi connectivity index (χ2v) is 11.0. The molecule has 1 atom stereocenters. The number of benzene rings is 2. The Morgan fingerprint density at radius 1 is 1.15 bits per heavy atom. The topological polar surface area (TPSA) is 89.0 Å². The molecule has 0 radical (unpaired) electrons. The van der Waals surface area contributed by atoms with Crippen molar-refractivity contribution in [3.05, 3.63) is 53.1 Å². The standard InChI is InChI=1S/C29H32F3N5O4/c1-16(19-5-4-6-20(25(19)30)26(31)32)33-27-21-11-24(23(39-3)12-22(21)34-17(2)35-27)41-28(38)37-10-9-36(18-13-40-14-18)15-29(37)7-8-29/h4-6,11-12,16,18,26H,7-10,13-15H2,1-3H3,(H,33,34,35)/t16-/m1/s1. The van der Waals surface area contributed by atoms with E-state index in [1.165, 1.54) is 19.2 Å². The van der Waals surface area contributed by atoms with Gasteiger partial charge in [-0.3, -0.25) is 9.80 Å². The molecule has 3 heterocycles. The van der Waals surface area contributed by atoms with Gasteiger partial charge < -0.3 is 19.5 Å². The number of carbonyl (C=O) groups excluding carboxylic acids is 1. The average Bonchev–Trinajstić information content (AvgIpc) is 3.66. The van der Waals surface area contributed by atoms with Gasteiger partial charge in [-0.2, -0.15) is 0 Å². The van der Waals surface area contributed by atoms with Crippen molar-refractivity contribution < 1.29 is 32.2 Å². The fourth-order valence-electron chi connectivity index (χ4n) is 5.72. The van der Waals surface area contributed by atoms with Gasteiger partial charge >= 0.3 is 6.09 Å². The van der Waals surface area contributed by atoms with Crippen LogP contribution in [0.25, 0.3) is 10.9 Å². The molecule has 3 fully saturated rings. The number of hydrogen-bond donors (Lipinski definition) is 1. The molecule has 1 amide bonds. The van der Waals surface area contributed by atoms with E-state index in [2.05, 4.69) is 20.2 Å². The van der Waals surface area contributed by atoms with E-state index in [1.54, 1.807) is 26.0 Å². The fourth-order valence-corrected chi connectivity index (χ4v) is 5.72. The van der Waals surface area contributed by atoms with Crippen molar-refractivity contribution in [2.75, 3.05) is 45.3 Å². The van der Waals surface area contributed by atoms with Crippen molar-refractivity contribution in [3.63, 3.8) is 0 Å². The Bertz CT molecular complexity index is 1480. The van der Waals surface area contributed by atoms with E-state index >= 15 is 0 Å². The molecule has 2 aromatic carbocycles. The largest absolute Gasteiger partial charge is 0.493 e. The van der Waals surface area contributed by atoms with Gasteiger partial charge in [0.1, 0.15) is 17.5 Å². The highest BCUT2D eigenvalue weighted by molar-refractivity contribution is 5.92. The number of carbonyl (C=O) groups is 1. The van der Waals surface area contributed by atoms with Crippen molar-refractivity contribution in [3.8, 4) is 11.5 Å². The van der Waals surface area contributed by atoms with E-state index in [0.717, 1.165) is 45.2 Å². The third kappa shape index (κ3) is 5.14. The van der Waals surface area contributed by atoms with Gasteiger partial charge in [0.25, 0.3) is 6.43 Å². The molecule has 41 heavy (non-hydrogen) atoms. The Labute approximate surface area is 235 Å². The summed E-state index contributed by atoms with van der Waals surface area (Å²) in [4.78, 5) is 26.7. The first-order chi connectivity index (χ1) is 19.7. The van der Waals surface area contributed by atoms with E-state index in [0.29, 0.717) is 40.9 Å². The van der Waals surface area contributed by atoms with E-state index in [1.807, 2.05) is 4.90 Å². The molecular formula is C29H32F3N5O4. The van der Waals surface area contributed by atoms with Crippen molar-refractivity contribution in [1.82, 2.24) is 19.8 Å². The number of nitrogens with one attached hydrogen (secondary N) is 1. The van der Waals surface area contributed by atoms with E-state index in [9.17, 15) is 18.0 Å². The Morgan fingerprint density at radius 2 is 1.90 bits per heavy atom. The molecule has 2 saturated heterocycles. The molecule has 1 aliphatic carbocycles. The zero-order chi connectivity index (χ0) is 28.9. The number of aromatic nitrogens is 2. The van der Waals surface area contributed by atoms with Crippen LogP contribution in [-0.2, 0) is 4.74 Å². The molecule has 9 nitrogen and oxygen atoms in total. The second-order valence-electron chi connectivity index (χ2n) is 11.0. The third-order valence-electron chi connectivity index (χ3n) is 8.27. The molecule has 1 N–H and O–H groups in total. The smallest absolute Gasteiger partial charge is 0.415 e. The molecule has 218 valence electrons. The molecule has 1 aromatic heterocycles. The highest BCUT2D eigenvalue weighted by Crippen LogP contribution is 2.46. The first-order valence-electron chi connectivity index (χ1n) is 13.7. The zero-order valence-corrected chi connectivity index (χ0v) is 23.1. The molecule has 3 aromatic rings. The molecule has 0 unspecified atom stereocenters. The minimum atomic E-state index is -2.93. The van der Waals surface area contributed by atoms with Crippen molar-refractivity contribution in [2.24, 2.45) is 0 Å². The Kier molecular flexibility index (Phi) is 7.14. The van der Waals surface area contributed by atoms with E-state index < -0.39 is 29.9 Å². The normalized spacial score (nSPS) is 19.3. The number of ether oxygens (including phenoxy) is 3. The summed E-state index contributed by atoms with van der Waals surface area (Å²) >= 11 is 0. The molecule has 2 aliphatic heterocycles. The number of methoxy groups -OCH3 is 1. The molecule has 0 bridgehead atoms. The number of halogens is 3. The Balaban J connectivity index is 1.27. The van der Waals surface area contributed by atoms with Crippen LogP contribution in [-0.4, -0.2) is 77.4 Å². The monoisotopic (exact) mass is 571 g/mol. The number of anilines is 1. The van der Waals surface area contributed by atoms with Crippen LogP contribution in [0.3, 0.4) is 0 Å². The van der Waals surface area contributed by atoms with Gasteiger partial charge in [-0.25, -0.2) is 27.9 Å². The highest BCUT2D eigenvalue weighted by atomic mass is 19.3. The van der Waals surface area contributed by atoms with Crippen LogP contribution in [0.5, 0.6) is 11.5 Å². The minimum absolute atomic E-state index is 0.0784. The van der Waals surface area contributed by atoms with Gasteiger partial charge in [0.05, 0.1) is 49.0 Å². The van der Waals surface area contributed by atoms with Gasteiger partial charge in [-0.15, -0.1) is 0 Å². The molecule has 1 saturated carbocycles. The van der Waals surface area contributed by atoms with Crippen molar-refractivity contribution in [1.29, 1.82) is 0 Å². The minimum Gasteiger partial charge on any atom is -0.493 e. The summed E-state index contributed by atoms with van der Waals surface area (Å²) in [5, 5.41) is 3.64. The number of hydrogen-bond acceptors (Lipinski definition) is 8. The predicted molar refractivity (Wildman–Crippen MR) is 145 cm³/mol. The number of aryl methyl sites for hydroxylation is 1. The summed E-state index contributed by atoms with van der Waals surface area (Å²) in [7, 11) is 1.48. The maximum absolute atomic E-state index is 14.9. The van der Waals surface area contributed by atoms with Crippen molar-refractivity contribution in [2.45, 2.75) is 50.7 Å². The van der Waals surface area contributed by atoms with Crippen molar-refractivity contribution >= 4 is 22.8 Å². The fraction of sp³-hybridized carbons (Fsp3) is 0.483. The molecule has 6 rings (SSSR count). The molecular weight excluding hydrogens is 539 g/mol.